The molecule has 0 aliphatic carbocycles. The van der Waals surface area contributed by atoms with Crippen molar-refractivity contribution in [3.8, 4) is 0 Å². The van der Waals surface area contributed by atoms with Crippen molar-refractivity contribution >= 4 is 27.3 Å². The summed E-state index contributed by atoms with van der Waals surface area (Å²) in [5.41, 5.74) is 1.50. The van der Waals surface area contributed by atoms with E-state index in [9.17, 15) is 17.6 Å². The van der Waals surface area contributed by atoms with Gasteiger partial charge in [-0.15, -0.1) is 5.10 Å². The van der Waals surface area contributed by atoms with E-state index in [1.165, 1.54) is 11.0 Å². The van der Waals surface area contributed by atoms with Crippen LogP contribution >= 0.6 is 0 Å². The first kappa shape index (κ1) is 18.7. The SMILES string of the molecule is Cc1cn(C[C@H]2CN(c3ccc(N4CCS(=O)(=O)CC4)c(F)c3)C(=O)O2)nn1. The molecule has 1 amide bonds. The van der Waals surface area contributed by atoms with Gasteiger partial charge < -0.3 is 9.64 Å². The maximum atomic E-state index is 14.7. The Labute approximate surface area is 161 Å². The Morgan fingerprint density at radius 2 is 2.04 bits per heavy atom. The van der Waals surface area contributed by atoms with Crippen molar-refractivity contribution < 1.29 is 22.3 Å². The van der Waals surface area contributed by atoms with Crippen LogP contribution in [0, 0.1) is 12.7 Å². The molecule has 9 nitrogen and oxygen atoms in total. The molecule has 2 aliphatic rings. The average Bonchev–Trinajstić information content (AvgIpc) is 3.21. The first-order chi connectivity index (χ1) is 13.3. The minimum absolute atomic E-state index is 0.0100. The number of anilines is 2. The molecule has 11 heteroatoms. The minimum Gasteiger partial charge on any atom is -0.442 e. The van der Waals surface area contributed by atoms with Crippen LogP contribution in [-0.2, 0) is 21.1 Å². The number of aromatic nitrogens is 3. The van der Waals surface area contributed by atoms with Gasteiger partial charge in [-0.05, 0) is 25.1 Å². The molecule has 0 N–H and O–H groups in total. The summed E-state index contributed by atoms with van der Waals surface area (Å²) in [6.45, 7) is 2.97. The third-order valence-electron chi connectivity index (χ3n) is 4.85. The molecule has 2 aromatic rings. The molecule has 0 unspecified atom stereocenters. The number of rotatable bonds is 4. The van der Waals surface area contributed by atoms with Crippen LogP contribution < -0.4 is 9.80 Å². The number of sulfone groups is 1. The quantitative estimate of drug-likeness (QED) is 0.743. The predicted molar refractivity (Wildman–Crippen MR) is 99.6 cm³/mol. The fourth-order valence-electron chi connectivity index (χ4n) is 3.39. The van der Waals surface area contributed by atoms with Gasteiger partial charge in [-0.25, -0.2) is 22.3 Å². The van der Waals surface area contributed by atoms with E-state index in [-0.39, 0.29) is 31.1 Å². The lowest BCUT2D eigenvalue weighted by Crippen LogP contribution is -2.40. The molecule has 3 heterocycles. The summed E-state index contributed by atoms with van der Waals surface area (Å²) in [6, 6.07) is 4.50. The summed E-state index contributed by atoms with van der Waals surface area (Å²) in [6.07, 6.45) is 0.797. The van der Waals surface area contributed by atoms with Crippen molar-refractivity contribution in [1.82, 2.24) is 15.0 Å². The van der Waals surface area contributed by atoms with Gasteiger partial charge in [0.25, 0.3) is 0 Å². The molecule has 0 bridgehead atoms. The fourth-order valence-corrected chi connectivity index (χ4v) is 4.60. The van der Waals surface area contributed by atoms with Gasteiger partial charge in [0.15, 0.2) is 9.84 Å². The van der Waals surface area contributed by atoms with Crippen molar-refractivity contribution in [2.24, 2.45) is 0 Å². The Morgan fingerprint density at radius 1 is 1.29 bits per heavy atom. The van der Waals surface area contributed by atoms with Crippen LogP contribution in [0.15, 0.2) is 24.4 Å². The number of hydrogen-bond donors (Lipinski definition) is 0. The van der Waals surface area contributed by atoms with Crippen LogP contribution in [0.2, 0.25) is 0 Å². The van der Waals surface area contributed by atoms with Crippen LogP contribution in [-0.4, -0.2) is 66.7 Å². The van der Waals surface area contributed by atoms with Gasteiger partial charge in [-0.2, -0.15) is 0 Å². The number of cyclic esters (lactones) is 1. The standard InChI is InChI=1S/C17H20FN5O4S/c1-12-9-22(20-19-12)10-14-11-23(17(24)27-14)13-2-3-16(15(18)8-13)21-4-6-28(25,26)7-5-21/h2-3,8-9,14H,4-7,10-11H2,1H3/t14-/m0/s1. The molecule has 0 spiro atoms. The van der Waals surface area contributed by atoms with Crippen molar-refractivity contribution in [3.63, 3.8) is 0 Å². The Balaban J connectivity index is 1.46. The smallest absolute Gasteiger partial charge is 0.414 e. The van der Waals surface area contributed by atoms with Crippen molar-refractivity contribution in [2.45, 2.75) is 19.6 Å². The lowest BCUT2D eigenvalue weighted by molar-refractivity contribution is 0.129. The molecular formula is C17H20FN5O4S. The number of amides is 1. The summed E-state index contributed by atoms with van der Waals surface area (Å²) in [5, 5.41) is 7.83. The molecule has 1 aromatic carbocycles. The molecule has 1 aromatic heterocycles. The summed E-state index contributed by atoms with van der Waals surface area (Å²) in [5.74, 6) is -0.480. The maximum Gasteiger partial charge on any atom is 0.414 e. The molecule has 4 rings (SSSR count). The molecule has 1 atom stereocenters. The first-order valence-electron chi connectivity index (χ1n) is 8.90. The molecule has 2 aliphatic heterocycles. The second-order valence-corrected chi connectivity index (χ2v) is 9.28. The molecule has 2 saturated heterocycles. The van der Waals surface area contributed by atoms with Crippen molar-refractivity contribution in [3.05, 3.63) is 35.9 Å². The number of halogens is 1. The lowest BCUT2D eigenvalue weighted by Gasteiger charge is -2.29. The second kappa shape index (κ2) is 7.04. The maximum absolute atomic E-state index is 14.7. The molecule has 2 fully saturated rings. The third kappa shape index (κ3) is 3.79. The fraction of sp³-hybridized carbons (Fsp3) is 0.471. The topological polar surface area (TPSA) is 97.6 Å². The number of nitrogens with zero attached hydrogens (tertiary/aromatic N) is 5. The highest BCUT2D eigenvalue weighted by molar-refractivity contribution is 7.91. The van der Waals surface area contributed by atoms with Crippen molar-refractivity contribution in [1.29, 1.82) is 0 Å². The number of carbonyl (C=O) groups excluding carboxylic acids is 1. The van der Waals surface area contributed by atoms with E-state index in [0.29, 0.717) is 17.9 Å². The Hall–Kier alpha value is -2.69. The molecule has 0 radical (unpaired) electrons. The van der Waals surface area contributed by atoms with Gasteiger partial charge in [-0.3, -0.25) is 4.90 Å². The summed E-state index contributed by atoms with van der Waals surface area (Å²) in [7, 11) is -3.04. The summed E-state index contributed by atoms with van der Waals surface area (Å²) >= 11 is 0. The molecule has 28 heavy (non-hydrogen) atoms. The zero-order valence-electron chi connectivity index (χ0n) is 15.3. The summed E-state index contributed by atoms with van der Waals surface area (Å²) in [4.78, 5) is 15.3. The van der Waals surface area contributed by atoms with E-state index >= 15 is 0 Å². The van der Waals surface area contributed by atoms with E-state index in [2.05, 4.69) is 10.3 Å². The minimum atomic E-state index is -3.04. The molecule has 150 valence electrons. The van der Waals surface area contributed by atoms with Crippen LogP contribution in [0.4, 0.5) is 20.6 Å². The van der Waals surface area contributed by atoms with Gasteiger partial charge in [0, 0.05) is 19.3 Å². The van der Waals surface area contributed by atoms with Crippen molar-refractivity contribution in [2.75, 3.05) is 40.9 Å². The number of carbonyl (C=O) groups is 1. The average molecular weight is 409 g/mol. The highest BCUT2D eigenvalue weighted by Crippen LogP contribution is 2.29. The third-order valence-corrected chi connectivity index (χ3v) is 6.46. The Bertz CT molecular complexity index is 995. The largest absolute Gasteiger partial charge is 0.442 e. The molecule has 0 saturated carbocycles. The van der Waals surface area contributed by atoms with Gasteiger partial charge in [0.05, 0.1) is 41.7 Å². The number of ether oxygens (including phenoxy) is 1. The van der Waals surface area contributed by atoms with E-state index in [1.807, 2.05) is 6.92 Å². The van der Waals surface area contributed by atoms with Crippen LogP contribution in [0.5, 0.6) is 0 Å². The lowest BCUT2D eigenvalue weighted by atomic mass is 10.2. The van der Waals surface area contributed by atoms with E-state index in [4.69, 9.17) is 4.74 Å². The second-order valence-electron chi connectivity index (χ2n) is 6.97. The number of hydrogen-bond acceptors (Lipinski definition) is 7. The zero-order valence-corrected chi connectivity index (χ0v) is 16.1. The van der Waals surface area contributed by atoms with Crippen LogP contribution in [0.25, 0.3) is 0 Å². The Morgan fingerprint density at radius 3 is 2.68 bits per heavy atom. The van der Waals surface area contributed by atoms with Gasteiger partial charge in [0.2, 0.25) is 0 Å². The number of aryl methyl sites for hydroxylation is 1. The highest BCUT2D eigenvalue weighted by atomic mass is 32.2. The monoisotopic (exact) mass is 409 g/mol. The van der Waals surface area contributed by atoms with Crippen LogP contribution in [0.3, 0.4) is 0 Å². The highest BCUT2D eigenvalue weighted by Gasteiger charge is 2.33. The van der Waals surface area contributed by atoms with Crippen LogP contribution in [0.1, 0.15) is 5.69 Å². The first-order valence-corrected chi connectivity index (χ1v) is 10.7. The normalized spacial score (nSPS) is 21.8. The van der Waals surface area contributed by atoms with E-state index in [0.717, 1.165) is 5.69 Å². The van der Waals surface area contributed by atoms with E-state index in [1.54, 1.807) is 27.9 Å². The number of benzene rings is 1. The zero-order chi connectivity index (χ0) is 19.9. The Kier molecular flexibility index (Phi) is 4.69. The molecular weight excluding hydrogens is 389 g/mol. The predicted octanol–water partition coefficient (Wildman–Crippen LogP) is 0.986. The van der Waals surface area contributed by atoms with Gasteiger partial charge in [-0.1, -0.05) is 5.21 Å². The van der Waals surface area contributed by atoms with Gasteiger partial charge >= 0.3 is 6.09 Å². The van der Waals surface area contributed by atoms with E-state index < -0.39 is 27.9 Å². The summed E-state index contributed by atoms with van der Waals surface area (Å²) < 4.78 is 44.7. The van der Waals surface area contributed by atoms with Gasteiger partial charge in [0.1, 0.15) is 11.9 Å².